The van der Waals surface area contributed by atoms with E-state index in [9.17, 15) is 4.79 Å². The first-order chi connectivity index (χ1) is 9.47. The van der Waals surface area contributed by atoms with Gasteiger partial charge in [-0.3, -0.25) is 0 Å². The highest BCUT2D eigenvalue weighted by atomic mass is 79.9. The van der Waals surface area contributed by atoms with Gasteiger partial charge in [-0.1, -0.05) is 45.7 Å². The van der Waals surface area contributed by atoms with Gasteiger partial charge in [0.25, 0.3) is 0 Å². The quantitative estimate of drug-likeness (QED) is 0.882. The topological polar surface area (TPSA) is 40.5 Å². The predicted molar refractivity (Wildman–Crippen MR) is 84.7 cm³/mol. The molecule has 0 aliphatic heterocycles. The summed E-state index contributed by atoms with van der Waals surface area (Å²) in [5, 5.41) is 9.79. The van der Waals surface area contributed by atoms with Gasteiger partial charge in [0.1, 0.15) is 0 Å². The largest absolute Gasteiger partial charge is 0.478 e. The van der Waals surface area contributed by atoms with Gasteiger partial charge in [-0.05, 0) is 29.8 Å². The fourth-order valence-electron chi connectivity index (χ4n) is 1.89. The monoisotopic (exact) mass is 353 g/mol. The van der Waals surface area contributed by atoms with Crippen LogP contribution < -0.4 is 4.90 Å². The predicted octanol–water partition coefficient (Wildman–Crippen LogP) is 4.44. The van der Waals surface area contributed by atoms with Gasteiger partial charge < -0.3 is 10.0 Å². The lowest BCUT2D eigenvalue weighted by Gasteiger charge is -2.21. The first kappa shape index (κ1) is 14.9. The Bertz CT molecular complexity index is 646. The number of carboxylic acid groups (broad SMARTS) is 1. The summed E-state index contributed by atoms with van der Waals surface area (Å²) in [4.78, 5) is 13.0. The molecule has 0 aliphatic rings. The summed E-state index contributed by atoms with van der Waals surface area (Å²) in [6.07, 6.45) is 0. The van der Waals surface area contributed by atoms with Crippen molar-refractivity contribution < 1.29 is 9.90 Å². The normalized spacial score (nSPS) is 10.3. The zero-order valence-electron chi connectivity index (χ0n) is 10.8. The van der Waals surface area contributed by atoms with E-state index in [1.165, 1.54) is 0 Å². The minimum atomic E-state index is -0.946. The number of carboxylic acids is 1. The standard InChI is InChI=1S/C15H13BrClNO2/c1-18(9-10-4-2-3-5-14(10)17)13-7-11(15(19)20)6-12(16)8-13/h2-8H,9H2,1H3,(H,19,20). The minimum absolute atomic E-state index is 0.250. The first-order valence-electron chi connectivity index (χ1n) is 5.96. The van der Waals surface area contributed by atoms with Crippen LogP contribution in [0, 0.1) is 0 Å². The fraction of sp³-hybridized carbons (Fsp3) is 0.133. The number of anilines is 1. The highest BCUT2D eigenvalue weighted by Crippen LogP contribution is 2.25. The number of carbonyl (C=O) groups is 1. The smallest absolute Gasteiger partial charge is 0.335 e. The molecule has 0 fully saturated rings. The van der Waals surface area contributed by atoms with Crippen LogP contribution in [0.2, 0.25) is 5.02 Å². The molecule has 0 spiro atoms. The van der Waals surface area contributed by atoms with Crippen LogP contribution in [0.1, 0.15) is 15.9 Å². The molecular formula is C15H13BrClNO2. The highest BCUT2D eigenvalue weighted by molar-refractivity contribution is 9.10. The molecule has 0 saturated carbocycles. The van der Waals surface area contributed by atoms with Gasteiger partial charge in [-0.25, -0.2) is 4.79 Å². The van der Waals surface area contributed by atoms with Crippen LogP contribution in [-0.2, 0) is 6.54 Å². The van der Waals surface area contributed by atoms with Crippen LogP contribution in [0.15, 0.2) is 46.9 Å². The third kappa shape index (κ3) is 3.52. The number of nitrogens with zero attached hydrogens (tertiary/aromatic N) is 1. The molecule has 0 unspecified atom stereocenters. The van der Waals surface area contributed by atoms with Gasteiger partial charge in [-0.2, -0.15) is 0 Å². The summed E-state index contributed by atoms with van der Waals surface area (Å²) in [7, 11) is 1.90. The fourth-order valence-corrected chi connectivity index (χ4v) is 2.57. The molecule has 3 nitrogen and oxygen atoms in total. The number of hydrogen-bond donors (Lipinski definition) is 1. The molecule has 2 aromatic carbocycles. The van der Waals surface area contributed by atoms with E-state index in [-0.39, 0.29) is 5.56 Å². The Morgan fingerprint density at radius 2 is 2.00 bits per heavy atom. The summed E-state index contributed by atoms with van der Waals surface area (Å²) in [6, 6.07) is 12.7. The average molecular weight is 355 g/mol. The first-order valence-corrected chi connectivity index (χ1v) is 7.13. The molecule has 2 rings (SSSR count). The molecule has 20 heavy (non-hydrogen) atoms. The molecule has 1 N–H and O–H groups in total. The Labute approximate surface area is 130 Å². The van der Waals surface area contributed by atoms with E-state index < -0.39 is 5.97 Å². The Kier molecular flexibility index (Phi) is 4.68. The second-order valence-corrected chi connectivity index (χ2v) is 5.77. The number of benzene rings is 2. The summed E-state index contributed by atoms with van der Waals surface area (Å²) >= 11 is 9.47. The minimum Gasteiger partial charge on any atom is -0.478 e. The lowest BCUT2D eigenvalue weighted by atomic mass is 10.1. The van der Waals surface area contributed by atoms with Crippen molar-refractivity contribution in [2.45, 2.75) is 6.54 Å². The van der Waals surface area contributed by atoms with E-state index in [1.54, 1.807) is 12.1 Å². The van der Waals surface area contributed by atoms with E-state index in [4.69, 9.17) is 16.7 Å². The molecule has 0 aromatic heterocycles. The second-order valence-electron chi connectivity index (χ2n) is 4.45. The van der Waals surface area contributed by atoms with E-state index >= 15 is 0 Å². The molecule has 104 valence electrons. The summed E-state index contributed by atoms with van der Waals surface area (Å²) in [6.45, 7) is 0.606. The number of rotatable bonds is 4. The maximum absolute atomic E-state index is 11.1. The molecule has 0 aliphatic carbocycles. The average Bonchev–Trinajstić information content (AvgIpc) is 2.40. The Morgan fingerprint density at radius 3 is 2.65 bits per heavy atom. The molecule has 0 atom stereocenters. The molecule has 0 heterocycles. The molecule has 0 amide bonds. The van der Waals surface area contributed by atoms with Crippen molar-refractivity contribution in [2.75, 3.05) is 11.9 Å². The Morgan fingerprint density at radius 1 is 1.30 bits per heavy atom. The zero-order chi connectivity index (χ0) is 14.7. The van der Waals surface area contributed by atoms with Crippen molar-refractivity contribution in [3.8, 4) is 0 Å². The lowest BCUT2D eigenvalue weighted by molar-refractivity contribution is 0.0697. The van der Waals surface area contributed by atoms with E-state index in [2.05, 4.69) is 15.9 Å². The SMILES string of the molecule is CN(Cc1ccccc1Cl)c1cc(Br)cc(C(=O)O)c1. The maximum Gasteiger partial charge on any atom is 0.335 e. The molecule has 0 saturated heterocycles. The van der Waals surface area contributed by atoms with Crippen molar-refractivity contribution in [3.63, 3.8) is 0 Å². The Hall–Kier alpha value is -1.52. The van der Waals surface area contributed by atoms with Gasteiger partial charge in [0.2, 0.25) is 0 Å². The van der Waals surface area contributed by atoms with Gasteiger partial charge in [0, 0.05) is 28.8 Å². The molecule has 0 bridgehead atoms. The molecule has 0 radical (unpaired) electrons. The van der Waals surface area contributed by atoms with Crippen molar-refractivity contribution in [1.82, 2.24) is 0 Å². The summed E-state index contributed by atoms with van der Waals surface area (Å²) in [5.41, 5.74) is 2.06. The second kappa shape index (κ2) is 6.29. The van der Waals surface area contributed by atoms with Crippen molar-refractivity contribution in [3.05, 3.63) is 63.1 Å². The molecule has 2 aromatic rings. The number of hydrogen-bond acceptors (Lipinski definition) is 2. The van der Waals surface area contributed by atoms with Crippen LogP contribution in [-0.4, -0.2) is 18.1 Å². The van der Waals surface area contributed by atoms with E-state index in [0.29, 0.717) is 11.6 Å². The third-order valence-corrected chi connectivity index (χ3v) is 3.76. The van der Waals surface area contributed by atoms with Gasteiger partial charge in [0.15, 0.2) is 0 Å². The molecule has 5 heteroatoms. The summed E-state index contributed by atoms with van der Waals surface area (Å²) < 4.78 is 0.735. The third-order valence-electron chi connectivity index (χ3n) is 2.94. The number of halogens is 2. The highest BCUT2D eigenvalue weighted by Gasteiger charge is 2.10. The van der Waals surface area contributed by atoms with Crippen LogP contribution in [0.3, 0.4) is 0 Å². The van der Waals surface area contributed by atoms with Crippen LogP contribution in [0.4, 0.5) is 5.69 Å². The van der Waals surface area contributed by atoms with Crippen LogP contribution >= 0.6 is 27.5 Å². The van der Waals surface area contributed by atoms with Gasteiger partial charge in [-0.15, -0.1) is 0 Å². The van der Waals surface area contributed by atoms with Crippen molar-refractivity contribution in [2.24, 2.45) is 0 Å². The van der Waals surface area contributed by atoms with Crippen LogP contribution in [0.5, 0.6) is 0 Å². The molecular weight excluding hydrogens is 342 g/mol. The summed E-state index contributed by atoms with van der Waals surface area (Å²) in [5.74, 6) is -0.946. The van der Waals surface area contributed by atoms with Crippen LogP contribution in [0.25, 0.3) is 0 Å². The van der Waals surface area contributed by atoms with Gasteiger partial charge >= 0.3 is 5.97 Å². The lowest BCUT2D eigenvalue weighted by Crippen LogP contribution is -2.17. The zero-order valence-corrected chi connectivity index (χ0v) is 13.1. The van der Waals surface area contributed by atoms with Crippen molar-refractivity contribution in [1.29, 1.82) is 0 Å². The Balaban J connectivity index is 2.27. The van der Waals surface area contributed by atoms with E-state index in [0.717, 1.165) is 15.7 Å². The van der Waals surface area contributed by atoms with Crippen molar-refractivity contribution >= 4 is 39.2 Å². The van der Waals surface area contributed by atoms with E-state index in [1.807, 2.05) is 42.3 Å². The number of aromatic carboxylic acids is 1. The van der Waals surface area contributed by atoms with Gasteiger partial charge in [0.05, 0.1) is 5.56 Å². The maximum atomic E-state index is 11.1.